The smallest absolute Gasteiger partial charge is 0.303 e. The molecular formula is C23H27NO9S. The highest BCUT2D eigenvalue weighted by atomic mass is 32.2. The molecular weight excluding hydrogens is 466 g/mol. The van der Waals surface area contributed by atoms with E-state index in [0.29, 0.717) is 28.2 Å². The number of anilines is 1. The Morgan fingerprint density at radius 3 is 2.12 bits per heavy atom. The first-order valence-electron chi connectivity index (χ1n) is 9.93. The van der Waals surface area contributed by atoms with E-state index in [9.17, 15) is 18.4 Å². The number of methoxy groups -OCH3 is 4. The first-order valence-corrected chi connectivity index (χ1v) is 11.2. The lowest BCUT2D eigenvalue weighted by atomic mass is 10.0. The van der Waals surface area contributed by atoms with Gasteiger partial charge in [0.05, 0.1) is 45.4 Å². The molecule has 0 fully saturated rings. The molecule has 0 saturated heterocycles. The van der Waals surface area contributed by atoms with Crippen molar-refractivity contribution in [2.75, 3.05) is 40.4 Å². The molecule has 2 N–H and O–H groups in total. The molecule has 1 atom stereocenters. The number of hydrogen-bond acceptors (Lipinski definition) is 8. The number of carbonyl (C=O) groups excluding carboxylic acids is 2. The van der Waals surface area contributed by atoms with Gasteiger partial charge in [-0.15, -0.1) is 0 Å². The van der Waals surface area contributed by atoms with E-state index in [4.69, 9.17) is 23.7 Å². The van der Waals surface area contributed by atoms with Gasteiger partial charge >= 0.3 is 5.97 Å². The number of ether oxygens (including phenoxy) is 5. The zero-order valence-corrected chi connectivity index (χ0v) is 20.3. The Balaban J connectivity index is 2.69. The highest BCUT2D eigenvalue weighted by Gasteiger charge is 2.23. The van der Waals surface area contributed by atoms with E-state index in [0.717, 1.165) is 0 Å². The fourth-order valence-electron chi connectivity index (χ4n) is 3.19. The fourth-order valence-corrected chi connectivity index (χ4v) is 3.70. The van der Waals surface area contributed by atoms with Crippen LogP contribution in [0.25, 0.3) is 11.5 Å². The normalized spacial score (nSPS) is 12.2. The third-order valence-corrected chi connectivity index (χ3v) is 5.15. The quantitative estimate of drug-likeness (QED) is 0.210. The third kappa shape index (κ3) is 6.72. The maximum atomic E-state index is 12.2. The van der Waals surface area contributed by atoms with Crippen molar-refractivity contribution in [3.63, 3.8) is 0 Å². The molecule has 0 spiro atoms. The number of amides is 1. The van der Waals surface area contributed by atoms with E-state index in [1.807, 2.05) is 0 Å². The Labute approximate surface area is 200 Å². The van der Waals surface area contributed by atoms with E-state index >= 15 is 0 Å². The predicted octanol–water partition coefficient (Wildman–Crippen LogP) is 3.05. The first-order chi connectivity index (χ1) is 16.2. The topological polar surface area (TPSA) is 130 Å². The van der Waals surface area contributed by atoms with Gasteiger partial charge in [0.2, 0.25) is 0 Å². The van der Waals surface area contributed by atoms with Crippen LogP contribution in [0.5, 0.6) is 11.5 Å². The molecule has 34 heavy (non-hydrogen) atoms. The van der Waals surface area contributed by atoms with Crippen molar-refractivity contribution in [1.29, 1.82) is 0 Å². The maximum absolute atomic E-state index is 12.2. The molecule has 0 bridgehead atoms. The molecule has 0 heterocycles. The molecule has 0 aliphatic heterocycles. The number of para-hydroxylation sites is 1. The second-order valence-corrected chi connectivity index (χ2v) is 7.70. The van der Waals surface area contributed by atoms with Crippen LogP contribution in [0.4, 0.5) is 5.69 Å². The Hall–Kier alpha value is -3.57. The summed E-state index contributed by atoms with van der Waals surface area (Å²) in [4.78, 5) is 23.2. The van der Waals surface area contributed by atoms with Crippen molar-refractivity contribution in [3.8, 4) is 11.5 Å². The summed E-state index contributed by atoms with van der Waals surface area (Å²) in [6.07, 6.45) is 0. The van der Waals surface area contributed by atoms with Gasteiger partial charge in [-0.2, -0.15) is 0 Å². The van der Waals surface area contributed by atoms with Gasteiger partial charge in [0.25, 0.3) is 5.91 Å². The van der Waals surface area contributed by atoms with E-state index in [-0.39, 0.29) is 22.9 Å². The molecule has 0 radical (unpaired) electrons. The minimum Gasteiger partial charge on any atom is -0.496 e. The minimum atomic E-state index is -2.22. The first kappa shape index (κ1) is 26.7. The second-order valence-electron chi connectivity index (χ2n) is 6.77. The summed E-state index contributed by atoms with van der Waals surface area (Å²) < 4.78 is 48.2. The van der Waals surface area contributed by atoms with Crippen LogP contribution in [0, 0.1) is 0 Å². The van der Waals surface area contributed by atoms with Crippen molar-refractivity contribution >= 4 is 40.2 Å². The van der Waals surface area contributed by atoms with Crippen molar-refractivity contribution in [3.05, 3.63) is 53.1 Å². The van der Waals surface area contributed by atoms with Crippen LogP contribution >= 0.6 is 0 Å². The molecule has 2 rings (SSSR count). The monoisotopic (exact) mass is 493 g/mol. The van der Waals surface area contributed by atoms with Crippen LogP contribution in [-0.4, -0.2) is 55.7 Å². The fraction of sp³-hybridized carbons (Fsp3) is 0.304. The molecule has 1 unspecified atom stereocenters. The van der Waals surface area contributed by atoms with Crippen molar-refractivity contribution in [1.82, 2.24) is 0 Å². The Morgan fingerprint density at radius 2 is 1.56 bits per heavy atom. The van der Waals surface area contributed by atoms with E-state index in [1.54, 1.807) is 30.3 Å². The van der Waals surface area contributed by atoms with Crippen LogP contribution in [0.3, 0.4) is 0 Å². The highest BCUT2D eigenvalue weighted by molar-refractivity contribution is 7.78. The number of hydrogen-bond donors (Lipinski definition) is 2. The van der Waals surface area contributed by atoms with E-state index in [1.165, 1.54) is 41.4 Å². The molecule has 0 aliphatic rings. The molecule has 2 aromatic rings. The third-order valence-electron chi connectivity index (χ3n) is 4.60. The van der Waals surface area contributed by atoms with Crippen molar-refractivity contribution in [2.45, 2.75) is 12.7 Å². The SMILES string of the molecule is COC(=C(OC)c1ccccc1OC)c1cc(OC)c(NC(=O)COC(C)=O)cc1CS(=O)O. The summed E-state index contributed by atoms with van der Waals surface area (Å²) >= 11 is -2.22. The maximum Gasteiger partial charge on any atom is 0.303 e. The average Bonchev–Trinajstić information content (AvgIpc) is 2.81. The summed E-state index contributed by atoms with van der Waals surface area (Å²) in [5, 5.41) is 2.58. The number of benzene rings is 2. The van der Waals surface area contributed by atoms with Gasteiger partial charge in [0.1, 0.15) is 11.5 Å². The molecule has 1 amide bonds. The van der Waals surface area contributed by atoms with Gasteiger partial charge in [0, 0.05) is 12.5 Å². The Morgan fingerprint density at radius 1 is 0.941 bits per heavy atom. The molecule has 11 heteroatoms. The van der Waals surface area contributed by atoms with Gasteiger partial charge in [-0.05, 0) is 29.8 Å². The summed E-state index contributed by atoms with van der Waals surface area (Å²) in [5.41, 5.74) is 1.59. The van der Waals surface area contributed by atoms with Crippen LogP contribution < -0.4 is 14.8 Å². The van der Waals surface area contributed by atoms with Gasteiger partial charge in [-0.1, -0.05) is 12.1 Å². The predicted molar refractivity (Wildman–Crippen MR) is 127 cm³/mol. The number of nitrogens with one attached hydrogen (secondary N) is 1. The number of rotatable bonds is 11. The zero-order valence-electron chi connectivity index (χ0n) is 19.5. The second kappa shape index (κ2) is 12.6. The summed E-state index contributed by atoms with van der Waals surface area (Å²) in [7, 11) is 5.82. The van der Waals surface area contributed by atoms with Gasteiger partial charge in [-0.3, -0.25) is 9.59 Å². The lowest BCUT2D eigenvalue weighted by Crippen LogP contribution is -2.20. The van der Waals surface area contributed by atoms with Crippen LogP contribution in [0.2, 0.25) is 0 Å². The lowest BCUT2D eigenvalue weighted by molar-refractivity contribution is -0.144. The molecule has 10 nitrogen and oxygen atoms in total. The molecule has 2 aromatic carbocycles. The number of carbonyl (C=O) groups is 2. The largest absolute Gasteiger partial charge is 0.496 e. The minimum absolute atomic E-state index is 0.218. The van der Waals surface area contributed by atoms with Crippen molar-refractivity contribution < 1.29 is 42.0 Å². The summed E-state index contributed by atoms with van der Waals surface area (Å²) in [6, 6.07) is 10.2. The van der Waals surface area contributed by atoms with Crippen LogP contribution in [0.15, 0.2) is 36.4 Å². The van der Waals surface area contributed by atoms with Crippen LogP contribution in [-0.2, 0) is 40.6 Å². The van der Waals surface area contributed by atoms with E-state index in [2.05, 4.69) is 5.32 Å². The molecule has 0 saturated carbocycles. The molecule has 0 aliphatic carbocycles. The van der Waals surface area contributed by atoms with Crippen LogP contribution in [0.1, 0.15) is 23.6 Å². The van der Waals surface area contributed by atoms with Gasteiger partial charge in [-0.25, -0.2) is 4.21 Å². The molecule has 184 valence electrons. The summed E-state index contributed by atoms with van der Waals surface area (Å²) in [6.45, 7) is 0.692. The lowest BCUT2D eigenvalue weighted by Gasteiger charge is -2.20. The Bertz CT molecular complexity index is 1100. The van der Waals surface area contributed by atoms with Gasteiger partial charge < -0.3 is 33.6 Å². The Kier molecular flexibility index (Phi) is 9.90. The summed E-state index contributed by atoms with van der Waals surface area (Å²) in [5.74, 6) is -0.144. The number of esters is 1. The average molecular weight is 494 g/mol. The van der Waals surface area contributed by atoms with E-state index < -0.39 is 29.6 Å². The highest BCUT2D eigenvalue weighted by Crippen LogP contribution is 2.38. The zero-order chi connectivity index (χ0) is 25.3. The van der Waals surface area contributed by atoms with Crippen molar-refractivity contribution in [2.24, 2.45) is 0 Å². The molecule has 0 aromatic heterocycles. The van der Waals surface area contributed by atoms with Gasteiger partial charge in [0.15, 0.2) is 29.2 Å². The standard InChI is InChI=1S/C23H27NO9S/c1-14(25)33-12-21(26)24-18-10-15(13-34(27)28)17(11-20(18)30-3)23(32-5)22(31-4)16-8-6-7-9-19(16)29-2/h6-11H,12-13H2,1-5H3,(H,24,26)(H,27,28).